The monoisotopic (exact) mass is 500 g/mol. The fourth-order valence-electron chi connectivity index (χ4n) is 5.63. The number of nitrogens with zero attached hydrogens (tertiary/aromatic N) is 5. The number of pyridine rings is 1. The third kappa shape index (κ3) is 5.74. The fraction of sp³-hybridized carbons (Fsp3) is 0.448. The molecule has 194 valence electrons. The van der Waals surface area contributed by atoms with E-state index in [1.165, 1.54) is 24.8 Å². The summed E-state index contributed by atoms with van der Waals surface area (Å²) >= 11 is 0. The van der Waals surface area contributed by atoms with Gasteiger partial charge in [0.1, 0.15) is 5.75 Å². The average Bonchev–Trinajstić information content (AvgIpc) is 3.41. The first-order valence-electron chi connectivity index (χ1n) is 13.4. The number of ether oxygens (including phenoxy) is 1. The largest absolute Gasteiger partial charge is 0.497 e. The zero-order valence-corrected chi connectivity index (χ0v) is 21.8. The van der Waals surface area contributed by atoms with E-state index in [4.69, 9.17) is 4.74 Å². The van der Waals surface area contributed by atoms with Crippen LogP contribution in [-0.2, 0) is 19.5 Å². The van der Waals surface area contributed by atoms with Crippen molar-refractivity contribution in [3.8, 4) is 5.75 Å². The standard InChI is InChI=1S/C29H36N6O2/c1-3-27(28-31-32-33-35(28)17-16-21-10-6-4-7-11-21)34(24-12-8-5-9-13-24)20-23-18-22-19-25(37-2)14-15-26(22)30-29(23)36/h4,6-7,10-11,14-15,18-19,24,27H,3,5,8-9,12-13,16-17,20H2,1-2H3,(H,30,36)/t27-/m0/s1. The number of aromatic amines is 1. The average molecular weight is 501 g/mol. The van der Waals surface area contributed by atoms with E-state index >= 15 is 0 Å². The molecule has 1 N–H and O–H groups in total. The van der Waals surface area contributed by atoms with Crippen LogP contribution >= 0.6 is 0 Å². The minimum absolute atomic E-state index is 0.0225. The van der Waals surface area contributed by atoms with Gasteiger partial charge in [-0.15, -0.1) is 5.10 Å². The van der Waals surface area contributed by atoms with Gasteiger partial charge in [0.15, 0.2) is 5.82 Å². The van der Waals surface area contributed by atoms with Crippen molar-refractivity contribution < 1.29 is 4.74 Å². The van der Waals surface area contributed by atoms with E-state index in [0.29, 0.717) is 12.6 Å². The second kappa shape index (κ2) is 11.7. The molecule has 2 heterocycles. The number of H-pyrrole nitrogens is 1. The molecule has 1 atom stereocenters. The van der Waals surface area contributed by atoms with Gasteiger partial charge in [-0.1, -0.05) is 56.5 Å². The van der Waals surface area contributed by atoms with Crippen molar-refractivity contribution in [2.75, 3.05) is 7.11 Å². The Morgan fingerprint density at radius 1 is 1.11 bits per heavy atom. The maximum absolute atomic E-state index is 13.2. The lowest BCUT2D eigenvalue weighted by atomic mass is 9.92. The highest BCUT2D eigenvalue weighted by Gasteiger charge is 2.32. The van der Waals surface area contributed by atoms with Gasteiger partial charge in [0.05, 0.1) is 13.2 Å². The van der Waals surface area contributed by atoms with Crippen molar-refractivity contribution in [3.63, 3.8) is 0 Å². The molecular weight excluding hydrogens is 464 g/mol. The first-order chi connectivity index (χ1) is 18.2. The lowest BCUT2D eigenvalue weighted by molar-refractivity contribution is 0.0841. The van der Waals surface area contributed by atoms with Crippen molar-refractivity contribution in [3.05, 3.63) is 81.9 Å². The third-order valence-electron chi connectivity index (χ3n) is 7.62. The van der Waals surface area contributed by atoms with Gasteiger partial charge in [0, 0.05) is 35.6 Å². The summed E-state index contributed by atoms with van der Waals surface area (Å²) < 4.78 is 7.36. The summed E-state index contributed by atoms with van der Waals surface area (Å²) in [5, 5.41) is 13.9. The first kappa shape index (κ1) is 25.1. The molecule has 8 heteroatoms. The second-order valence-electron chi connectivity index (χ2n) is 9.96. The van der Waals surface area contributed by atoms with Crippen LogP contribution in [0.1, 0.15) is 68.4 Å². The van der Waals surface area contributed by atoms with Gasteiger partial charge in [-0.2, -0.15) is 0 Å². The molecule has 0 amide bonds. The van der Waals surface area contributed by atoms with Crippen LogP contribution < -0.4 is 10.3 Å². The summed E-state index contributed by atoms with van der Waals surface area (Å²) in [6.07, 6.45) is 7.67. The summed E-state index contributed by atoms with van der Waals surface area (Å²) in [5.41, 5.74) is 2.79. The lowest BCUT2D eigenvalue weighted by Crippen LogP contribution is -2.41. The van der Waals surface area contributed by atoms with Crippen molar-refractivity contribution in [1.29, 1.82) is 0 Å². The quantitative estimate of drug-likeness (QED) is 0.328. The number of nitrogens with one attached hydrogen (secondary N) is 1. The Labute approximate surface area is 217 Å². The third-order valence-corrected chi connectivity index (χ3v) is 7.62. The molecule has 1 saturated carbocycles. The number of aromatic nitrogens is 5. The van der Waals surface area contributed by atoms with Crippen LogP contribution in [0, 0.1) is 0 Å². The van der Waals surface area contributed by atoms with E-state index in [1.807, 2.05) is 35.0 Å². The molecule has 0 radical (unpaired) electrons. The van der Waals surface area contributed by atoms with Gasteiger partial charge in [0.25, 0.3) is 5.56 Å². The molecular formula is C29H36N6O2. The molecule has 0 saturated heterocycles. The number of tetrazole rings is 1. The minimum Gasteiger partial charge on any atom is -0.497 e. The Morgan fingerprint density at radius 2 is 1.92 bits per heavy atom. The summed E-state index contributed by atoms with van der Waals surface area (Å²) in [6, 6.07) is 18.6. The smallest absolute Gasteiger partial charge is 0.252 e. The molecule has 1 fully saturated rings. The number of hydrogen-bond acceptors (Lipinski definition) is 6. The van der Waals surface area contributed by atoms with Gasteiger partial charge < -0.3 is 9.72 Å². The van der Waals surface area contributed by atoms with E-state index in [-0.39, 0.29) is 11.6 Å². The van der Waals surface area contributed by atoms with Crippen molar-refractivity contribution >= 4 is 10.9 Å². The summed E-state index contributed by atoms with van der Waals surface area (Å²) in [4.78, 5) is 18.7. The maximum atomic E-state index is 13.2. The van der Waals surface area contributed by atoms with E-state index in [0.717, 1.165) is 60.3 Å². The zero-order valence-electron chi connectivity index (χ0n) is 21.8. The Hall–Kier alpha value is -3.52. The number of rotatable bonds is 10. The predicted octanol–water partition coefficient (Wildman–Crippen LogP) is 5.05. The molecule has 1 aliphatic rings. The highest BCUT2D eigenvalue weighted by atomic mass is 16.5. The number of fused-ring (bicyclic) bond motifs is 1. The SMILES string of the molecule is CC[C@@H](c1nnnn1CCc1ccccc1)N(Cc1cc2cc(OC)ccc2[nH]c1=O)C1CCCCC1. The van der Waals surface area contributed by atoms with E-state index in [2.05, 4.69) is 56.6 Å². The number of hydrogen-bond donors (Lipinski definition) is 1. The summed E-state index contributed by atoms with van der Waals surface area (Å²) in [6.45, 7) is 3.46. The normalized spacial score (nSPS) is 15.3. The fourth-order valence-corrected chi connectivity index (χ4v) is 5.63. The number of aryl methyl sites for hydroxylation is 2. The molecule has 37 heavy (non-hydrogen) atoms. The van der Waals surface area contributed by atoms with Gasteiger partial charge in [0.2, 0.25) is 0 Å². The van der Waals surface area contributed by atoms with Crippen LogP contribution in [0.25, 0.3) is 10.9 Å². The highest BCUT2D eigenvalue weighted by Crippen LogP contribution is 2.33. The molecule has 4 aromatic rings. The van der Waals surface area contributed by atoms with Gasteiger partial charge in [-0.3, -0.25) is 9.69 Å². The first-order valence-corrected chi connectivity index (χ1v) is 13.4. The summed E-state index contributed by atoms with van der Waals surface area (Å²) in [5.74, 6) is 1.65. The highest BCUT2D eigenvalue weighted by molar-refractivity contribution is 5.80. The minimum atomic E-state index is -0.0444. The van der Waals surface area contributed by atoms with Gasteiger partial charge in [-0.25, -0.2) is 4.68 Å². The van der Waals surface area contributed by atoms with Gasteiger partial charge in [-0.05, 0) is 65.9 Å². The Morgan fingerprint density at radius 3 is 2.68 bits per heavy atom. The molecule has 0 spiro atoms. The molecule has 0 bridgehead atoms. The van der Waals surface area contributed by atoms with Gasteiger partial charge >= 0.3 is 0 Å². The lowest BCUT2D eigenvalue weighted by Gasteiger charge is -2.39. The molecule has 2 aromatic heterocycles. The molecule has 2 aromatic carbocycles. The van der Waals surface area contributed by atoms with Crippen LogP contribution in [0.15, 0.2) is 59.4 Å². The maximum Gasteiger partial charge on any atom is 0.252 e. The van der Waals surface area contributed by atoms with Crippen molar-refractivity contribution in [1.82, 2.24) is 30.1 Å². The second-order valence-corrected chi connectivity index (χ2v) is 9.96. The summed E-state index contributed by atoms with van der Waals surface area (Å²) in [7, 11) is 1.66. The molecule has 5 rings (SSSR count). The number of methoxy groups -OCH3 is 1. The van der Waals surface area contributed by atoms with E-state index in [1.54, 1.807) is 7.11 Å². The number of benzene rings is 2. The van der Waals surface area contributed by atoms with Crippen molar-refractivity contribution in [2.45, 2.75) is 77.0 Å². The van der Waals surface area contributed by atoms with Crippen LogP contribution in [0.5, 0.6) is 5.75 Å². The molecule has 8 nitrogen and oxygen atoms in total. The molecule has 1 aliphatic carbocycles. The van der Waals surface area contributed by atoms with Crippen LogP contribution in [0.3, 0.4) is 0 Å². The predicted molar refractivity (Wildman–Crippen MR) is 145 cm³/mol. The van der Waals surface area contributed by atoms with Crippen molar-refractivity contribution in [2.24, 2.45) is 0 Å². The topological polar surface area (TPSA) is 88.9 Å². The molecule has 0 unspecified atom stereocenters. The van der Waals surface area contributed by atoms with Crippen LogP contribution in [0.4, 0.5) is 0 Å². The Balaban J connectivity index is 1.46. The van der Waals surface area contributed by atoms with E-state index < -0.39 is 0 Å². The van der Waals surface area contributed by atoms with Crippen LogP contribution in [-0.4, -0.2) is 43.2 Å². The molecule has 0 aliphatic heterocycles. The Bertz CT molecular complexity index is 1360. The van der Waals surface area contributed by atoms with E-state index in [9.17, 15) is 4.79 Å². The Kier molecular flexibility index (Phi) is 7.94. The zero-order chi connectivity index (χ0) is 25.6. The van der Waals surface area contributed by atoms with Crippen LogP contribution in [0.2, 0.25) is 0 Å².